The van der Waals surface area contributed by atoms with Gasteiger partial charge in [0, 0.05) is 0 Å². The maximum atomic E-state index is 9.75. The largest absolute Gasteiger partial charge is 1.00 e. The van der Waals surface area contributed by atoms with E-state index in [1.165, 1.54) is 0 Å². The van der Waals surface area contributed by atoms with E-state index in [9.17, 15) is 34.5 Å². The smallest absolute Gasteiger partial charge is 1.00 e. The van der Waals surface area contributed by atoms with Crippen molar-refractivity contribution in [3.8, 4) is 0 Å². The third kappa shape index (κ3) is 44300. The van der Waals surface area contributed by atoms with Crippen LogP contribution in [0, 0.1) is 0 Å². The fourth-order valence-corrected chi connectivity index (χ4v) is 0. The Morgan fingerprint density at radius 1 is 0.938 bits per heavy atom. The maximum Gasteiger partial charge on any atom is 1.00 e. The summed E-state index contributed by atoms with van der Waals surface area (Å²) in [5.41, 5.74) is 0. The van der Waals surface area contributed by atoms with E-state index in [0.29, 0.717) is 0 Å². The number of hydrogen-bond donors (Lipinski definition) is 1. The van der Waals surface area contributed by atoms with E-state index in [1.807, 2.05) is 0 Å². The fourth-order valence-electron chi connectivity index (χ4n) is 0. The second kappa shape index (κ2) is 13.3. The van der Waals surface area contributed by atoms with Gasteiger partial charge >= 0.3 is 33.4 Å². The van der Waals surface area contributed by atoms with Crippen molar-refractivity contribution < 1.29 is 68.1 Å². The molecule has 0 saturated carbocycles. The Morgan fingerprint density at radius 3 is 0.938 bits per heavy atom. The van der Waals surface area contributed by atoms with Crippen LogP contribution < -0.4 is 18.9 Å². The van der Waals surface area contributed by atoms with E-state index in [-0.39, 0.29) is 27.7 Å². The van der Waals surface area contributed by atoms with E-state index >= 15 is 0 Å². The molecule has 1 N–H and O–H groups in total. The summed E-state index contributed by atoms with van der Waals surface area (Å²) in [5.74, 6) is 0. The first-order valence-corrected chi connectivity index (χ1v) is 3.29. The van der Waals surface area contributed by atoms with Crippen LogP contribution in [0.5, 0.6) is 0 Å². The van der Waals surface area contributed by atoms with Crippen LogP contribution in [-0.2, 0) is 11.4 Å². The predicted molar refractivity (Wildman–Crippen MR) is 39.8 cm³/mol. The summed E-state index contributed by atoms with van der Waals surface area (Å²) < 4.78 is 102. The summed E-state index contributed by atoms with van der Waals surface area (Å²) in [6.07, 6.45) is 0. The molecule has 0 spiro atoms. The summed E-state index contributed by atoms with van der Waals surface area (Å²) in [6, 6.07) is 0. The van der Waals surface area contributed by atoms with Crippen LogP contribution >= 0.6 is 0 Å². The van der Waals surface area contributed by atoms with E-state index in [1.54, 1.807) is 0 Å². The Morgan fingerprint density at radius 2 is 0.938 bits per heavy atom. The number of hydrogen-bond acceptors (Lipinski definition) is 2. The Kier molecular flexibility index (Phi) is 24.8. The summed E-state index contributed by atoms with van der Waals surface area (Å²) >= 11 is -2.86. The summed E-state index contributed by atoms with van der Waals surface area (Å²) in [6.45, 7) is 0. The molecule has 0 aromatic heterocycles. The fraction of sp³-hybridized carbons (Fsp3) is 1.00. The molecule has 0 fully saturated rings. The number of rotatable bonds is 0. The van der Waals surface area contributed by atoms with Crippen molar-refractivity contribution in [3.63, 3.8) is 0 Å². The summed E-state index contributed by atoms with van der Waals surface area (Å²) in [5, 5.41) is 0. The normalized spacial score (nSPS) is 11.4. The van der Waals surface area contributed by atoms with Crippen LogP contribution in [0.25, 0.3) is 0 Å². The molecule has 0 aliphatic carbocycles. The topological polar surface area (TPSA) is 60.4 Å². The van der Waals surface area contributed by atoms with E-state index < -0.39 is 25.9 Å². The van der Waals surface area contributed by atoms with Gasteiger partial charge in [-0.25, -0.2) is 4.21 Å². The quantitative estimate of drug-likeness (QED) is 0.376. The first-order valence-electron chi connectivity index (χ1n) is 2.26. The van der Waals surface area contributed by atoms with Crippen LogP contribution in [0.3, 0.4) is 0 Å². The first kappa shape index (κ1) is 29.9. The molecule has 0 bridgehead atoms. The van der Waals surface area contributed by atoms with Gasteiger partial charge in [-0.1, -0.05) is 7.43 Å². The molecule has 1 atom stereocenters. The molecule has 0 aliphatic heterocycles. The minimum absolute atomic E-state index is 0. The van der Waals surface area contributed by atoms with Gasteiger partial charge in [0.15, 0.2) is 0 Å². The minimum Gasteiger partial charge on any atom is -1.00 e. The molecule has 0 saturated heterocycles. The van der Waals surface area contributed by atoms with Crippen LogP contribution in [-0.4, -0.2) is 27.8 Å². The van der Waals surface area contributed by atoms with Gasteiger partial charge in [-0.2, -0.15) is 0 Å². The third-order valence-corrected chi connectivity index (χ3v) is 0. The van der Waals surface area contributed by atoms with Crippen molar-refractivity contribution in [1.82, 2.24) is 0 Å². The van der Waals surface area contributed by atoms with Crippen LogP contribution in [0.1, 0.15) is 8.85 Å². The van der Waals surface area contributed by atoms with E-state index in [2.05, 4.69) is 0 Å². The van der Waals surface area contributed by atoms with Crippen molar-refractivity contribution in [3.05, 3.63) is 0 Å². The standard InChI is InChI=1S/CH4.2BF4.Li.H2O3S.H/c;2*2-1(3,4)5;;1-4(2)3;/h1H4;;;;(H2,1,2,3);/q;2*-1;+1;;-1/p-1. The second-order valence-electron chi connectivity index (χ2n) is 1.21. The van der Waals surface area contributed by atoms with Crippen molar-refractivity contribution >= 4 is 25.9 Å². The van der Waals surface area contributed by atoms with E-state index in [0.717, 1.165) is 0 Å². The van der Waals surface area contributed by atoms with Crippen molar-refractivity contribution in [2.75, 3.05) is 0 Å². The van der Waals surface area contributed by atoms with Gasteiger partial charge in [-0.15, -0.1) is 0 Å². The zero-order valence-electron chi connectivity index (χ0n) is 7.85. The van der Waals surface area contributed by atoms with Gasteiger partial charge < -0.3 is 45.1 Å². The Hall–Kier alpha value is 0.237. The first-order chi connectivity index (χ1) is 5.73. The predicted octanol–water partition coefficient (Wildman–Crippen LogP) is -0.309. The molecule has 0 radical (unpaired) electrons. The second-order valence-corrected chi connectivity index (χ2v) is 1.64. The molecule has 0 heterocycles. The zero-order chi connectivity index (χ0) is 12.6. The molecule has 100 valence electrons. The van der Waals surface area contributed by atoms with Crippen molar-refractivity contribution in [2.24, 2.45) is 0 Å². The van der Waals surface area contributed by atoms with Crippen LogP contribution in [0.15, 0.2) is 0 Å². The van der Waals surface area contributed by atoms with Gasteiger partial charge in [-0.3, -0.25) is 0 Å². The van der Waals surface area contributed by atoms with Gasteiger partial charge in [0.2, 0.25) is 0 Å². The van der Waals surface area contributed by atoms with Gasteiger partial charge in [0.25, 0.3) is 0 Å². The maximum absolute atomic E-state index is 9.75. The molecule has 0 aliphatic rings. The molecule has 0 aromatic rings. The molecule has 0 rings (SSSR count). The molecule has 0 aromatic carbocycles. The third-order valence-electron chi connectivity index (χ3n) is 0. The Balaban J connectivity index is -0.0000000247. The SMILES string of the molecule is C.F[B-](F)(F)F.F[B-](F)(F)F.O=S([O-])O.[H-].[Li+]. The molecular weight excluding hydrogens is 273 g/mol. The average Bonchev–Trinajstić information content (AvgIpc) is 1.45. The molecule has 0 amide bonds. The molecular formula is CH6B2F8LiO3S-3. The average molecular weight is 279 g/mol. The van der Waals surface area contributed by atoms with Gasteiger partial charge in [0.05, 0.1) is 11.4 Å². The number of halogens is 8. The van der Waals surface area contributed by atoms with Gasteiger partial charge in [0.1, 0.15) is 0 Å². The Bertz CT molecular complexity index is 138. The Labute approximate surface area is 102 Å². The van der Waals surface area contributed by atoms with Gasteiger partial charge in [-0.05, 0) is 0 Å². The summed E-state index contributed by atoms with van der Waals surface area (Å²) in [4.78, 5) is 0. The van der Waals surface area contributed by atoms with Crippen molar-refractivity contribution in [2.45, 2.75) is 7.43 Å². The molecule has 3 nitrogen and oxygen atoms in total. The molecule has 15 heteroatoms. The van der Waals surface area contributed by atoms with Crippen molar-refractivity contribution in [1.29, 1.82) is 0 Å². The van der Waals surface area contributed by atoms with Crippen LogP contribution in [0.4, 0.5) is 34.5 Å². The molecule has 1 unspecified atom stereocenters. The zero-order valence-corrected chi connectivity index (χ0v) is 7.67. The van der Waals surface area contributed by atoms with Crippen LogP contribution in [0.2, 0.25) is 0 Å². The monoisotopic (exact) mass is 279 g/mol. The minimum atomic E-state index is -6.00. The molecule has 16 heavy (non-hydrogen) atoms. The van der Waals surface area contributed by atoms with E-state index in [4.69, 9.17) is 13.3 Å². The summed E-state index contributed by atoms with van der Waals surface area (Å²) in [7, 11) is -12.0.